The van der Waals surface area contributed by atoms with Crippen LogP contribution in [-0.4, -0.2) is 5.11 Å². The van der Waals surface area contributed by atoms with Crippen molar-refractivity contribution in [3.63, 3.8) is 0 Å². The minimum absolute atomic E-state index is 0.113. The van der Waals surface area contributed by atoms with E-state index >= 15 is 0 Å². The van der Waals surface area contributed by atoms with Crippen LogP contribution in [0, 0.1) is 3.57 Å². The maximum atomic E-state index is 9.37. The van der Waals surface area contributed by atoms with Gasteiger partial charge in [-0.1, -0.05) is 23.2 Å². The van der Waals surface area contributed by atoms with Crippen molar-refractivity contribution in [2.45, 2.75) is 0 Å². The first kappa shape index (κ1) is 11.4. The summed E-state index contributed by atoms with van der Waals surface area (Å²) in [5.74, 6) is -0.113. The van der Waals surface area contributed by atoms with E-state index in [9.17, 15) is 5.11 Å². The number of rotatable bonds is 0. The molecular weight excluding hydrogens is 446 g/mol. The molecule has 0 bridgehead atoms. The van der Waals surface area contributed by atoms with E-state index in [0.29, 0.717) is 8.95 Å². The standard InChI is InChI=1S/C6HBr2Cl2IO/c7-1-3(9)6(12)4(10)2(8)5(1)11/h12H. The lowest BCUT2D eigenvalue weighted by atomic mass is 10.3. The van der Waals surface area contributed by atoms with E-state index in [1.165, 1.54) is 0 Å². The van der Waals surface area contributed by atoms with E-state index < -0.39 is 0 Å². The molecule has 1 aromatic carbocycles. The normalized spacial score (nSPS) is 10.4. The molecule has 1 aromatic rings. The molecule has 1 rings (SSSR count). The minimum atomic E-state index is -0.113. The molecule has 0 aliphatic rings. The predicted molar refractivity (Wildman–Crippen MR) is 66.2 cm³/mol. The summed E-state index contributed by atoms with van der Waals surface area (Å²) in [5, 5.41) is 9.82. The Labute approximate surface area is 110 Å². The smallest absolute Gasteiger partial charge is 0.155 e. The van der Waals surface area contributed by atoms with Crippen molar-refractivity contribution in [1.82, 2.24) is 0 Å². The van der Waals surface area contributed by atoms with Crippen molar-refractivity contribution >= 4 is 77.7 Å². The maximum Gasteiger partial charge on any atom is 0.155 e. The molecule has 66 valence electrons. The second-order valence-electron chi connectivity index (χ2n) is 1.92. The Kier molecular flexibility index (Phi) is 3.99. The van der Waals surface area contributed by atoms with Crippen molar-refractivity contribution < 1.29 is 5.11 Å². The highest BCUT2D eigenvalue weighted by Crippen LogP contribution is 2.45. The van der Waals surface area contributed by atoms with Crippen molar-refractivity contribution in [2.75, 3.05) is 0 Å². The topological polar surface area (TPSA) is 20.2 Å². The third kappa shape index (κ3) is 1.87. The molecule has 1 nitrogen and oxygen atoms in total. The van der Waals surface area contributed by atoms with Gasteiger partial charge in [-0.15, -0.1) is 0 Å². The number of halogens is 5. The second-order valence-corrected chi connectivity index (χ2v) is 5.34. The molecule has 0 saturated heterocycles. The molecular formula is C6HBr2Cl2IO. The molecule has 1 N–H and O–H groups in total. The quantitative estimate of drug-likeness (QED) is 0.344. The summed E-state index contributed by atoms with van der Waals surface area (Å²) in [7, 11) is 0. The fourth-order valence-corrected chi connectivity index (χ4v) is 2.92. The molecule has 0 amide bonds. The molecule has 0 fully saturated rings. The fraction of sp³-hybridized carbons (Fsp3) is 0. The highest BCUT2D eigenvalue weighted by atomic mass is 127. The lowest BCUT2D eigenvalue weighted by molar-refractivity contribution is 0.475. The molecule has 0 aromatic heterocycles. The lowest BCUT2D eigenvalue weighted by Gasteiger charge is -2.07. The first-order valence-corrected chi connectivity index (χ1v) is 6.09. The molecule has 0 aliphatic heterocycles. The van der Waals surface area contributed by atoms with Gasteiger partial charge in [-0.05, 0) is 54.5 Å². The maximum absolute atomic E-state index is 9.37. The van der Waals surface area contributed by atoms with Crippen molar-refractivity contribution in [3.8, 4) is 5.75 Å². The zero-order chi connectivity index (χ0) is 9.46. The van der Waals surface area contributed by atoms with Crippen LogP contribution in [0.5, 0.6) is 5.75 Å². The van der Waals surface area contributed by atoms with E-state index in [-0.39, 0.29) is 15.8 Å². The minimum Gasteiger partial charge on any atom is -0.505 e. The zero-order valence-corrected chi connectivity index (χ0v) is 12.2. The van der Waals surface area contributed by atoms with Gasteiger partial charge >= 0.3 is 0 Å². The van der Waals surface area contributed by atoms with Crippen LogP contribution in [0.25, 0.3) is 0 Å². The van der Waals surface area contributed by atoms with Crippen LogP contribution < -0.4 is 0 Å². The number of benzene rings is 1. The molecule has 0 radical (unpaired) electrons. The third-order valence-corrected chi connectivity index (χ3v) is 6.53. The van der Waals surface area contributed by atoms with Gasteiger partial charge < -0.3 is 5.11 Å². The largest absolute Gasteiger partial charge is 0.505 e. The van der Waals surface area contributed by atoms with E-state index in [0.717, 1.165) is 3.57 Å². The van der Waals surface area contributed by atoms with Crippen LogP contribution in [0.15, 0.2) is 8.95 Å². The summed E-state index contributed by atoms with van der Waals surface area (Å²) in [6.45, 7) is 0. The van der Waals surface area contributed by atoms with E-state index in [2.05, 4.69) is 54.5 Å². The molecule has 6 heteroatoms. The Morgan fingerprint density at radius 1 is 1.08 bits per heavy atom. The van der Waals surface area contributed by atoms with Crippen molar-refractivity contribution in [2.24, 2.45) is 0 Å². The summed E-state index contributed by atoms with van der Waals surface area (Å²) in [4.78, 5) is 0. The summed E-state index contributed by atoms with van der Waals surface area (Å²) >= 11 is 20.0. The van der Waals surface area contributed by atoms with Crippen LogP contribution in [0.2, 0.25) is 10.0 Å². The Morgan fingerprint density at radius 2 is 1.42 bits per heavy atom. The molecule has 0 heterocycles. The first-order valence-electron chi connectivity index (χ1n) is 2.67. The van der Waals surface area contributed by atoms with Crippen molar-refractivity contribution in [1.29, 1.82) is 0 Å². The first-order chi connectivity index (χ1) is 5.46. The van der Waals surface area contributed by atoms with Gasteiger partial charge in [0.05, 0.1) is 19.0 Å². The summed E-state index contributed by atoms with van der Waals surface area (Å²) in [6, 6.07) is 0. The van der Waals surface area contributed by atoms with Gasteiger partial charge in [-0.3, -0.25) is 0 Å². The summed E-state index contributed by atoms with van der Waals surface area (Å²) < 4.78 is 2.11. The van der Waals surface area contributed by atoms with Gasteiger partial charge in [0.2, 0.25) is 0 Å². The average Bonchev–Trinajstić information content (AvgIpc) is 2.08. The van der Waals surface area contributed by atoms with Gasteiger partial charge in [0.25, 0.3) is 0 Å². The average molecular weight is 447 g/mol. The van der Waals surface area contributed by atoms with Crippen LogP contribution in [0.3, 0.4) is 0 Å². The van der Waals surface area contributed by atoms with Crippen LogP contribution in [0.4, 0.5) is 0 Å². The predicted octanol–water partition coefficient (Wildman–Crippen LogP) is 4.83. The SMILES string of the molecule is Oc1c(Cl)c(Br)c(I)c(Br)c1Cl. The van der Waals surface area contributed by atoms with E-state index in [1.807, 2.05) is 0 Å². The van der Waals surface area contributed by atoms with Crippen LogP contribution in [-0.2, 0) is 0 Å². The second kappa shape index (κ2) is 4.21. The molecule has 0 aliphatic carbocycles. The molecule has 0 spiro atoms. The van der Waals surface area contributed by atoms with Crippen LogP contribution in [0.1, 0.15) is 0 Å². The van der Waals surface area contributed by atoms with E-state index in [4.69, 9.17) is 23.2 Å². The number of aromatic hydroxyl groups is 1. The summed E-state index contributed by atoms with van der Waals surface area (Å²) in [5.41, 5.74) is 0. The number of phenols is 1. The van der Waals surface area contributed by atoms with Crippen LogP contribution >= 0.6 is 77.7 Å². The van der Waals surface area contributed by atoms with Gasteiger partial charge in [-0.2, -0.15) is 0 Å². The highest BCUT2D eigenvalue weighted by Gasteiger charge is 2.16. The Morgan fingerprint density at radius 3 is 1.75 bits per heavy atom. The molecule has 0 saturated carbocycles. The van der Waals surface area contributed by atoms with Crippen molar-refractivity contribution in [3.05, 3.63) is 22.6 Å². The molecule has 12 heavy (non-hydrogen) atoms. The number of phenolic OH excluding ortho intramolecular Hbond substituents is 1. The zero-order valence-electron chi connectivity index (χ0n) is 5.34. The number of hydrogen-bond donors (Lipinski definition) is 1. The Bertz CT molecular complexity index is 238. The Balaban J connectivity index is 3.60. The van der Waals surface area contributed by atoms with Gasteiger partial charge in [0.15, 0.2) is 5.75 Å². The Hall–Kier alpha value is 1.29. The van der Waals surface area contributed by atoms with Gasteiger partial charge in [0, 0.05) is 3.57 Å². The summed E-state index contributed by atoms with van der Waals surface area (Å²) in [6.07, 6.45) is 0. The third-order valence-electron chi connectivity index (χ3n) is 1.19. The number of hydrogen-bond acceptors (Lipinski definition) is 1. The monoisotopic (exact) mass is 444 g/mol. The fourth-order valence-electron chi connectivity index (χ4n) is 0.593. The van der Waals surface area contributed by atoms with E-state index in [1.54, 1.807) is 0 Å². The van der Waals surface area contributed by atoms with Gasteiger partial charge in [-0.25, -0.2) is 0 Å². The lowest BCUT2D eigenvalue weighted by Crippen LogP contribution is -1.83. The molecule has 0 unspecified atom stereocenters. The van der Waals surface area contributed by atoms with Gasteiger partial charge in [0.1, 0.15) is 0 Å². The highest BCUT2D eigenvalue weighted by molar-refractivity contribution is 14.1. The molecule has 0 atom stereocenters.